The Labute approximate surface area is 167 Å². The molecule has 2 saturated heterocycles. The molecule has 29 heavy (non-hydrogen) atoms. The van der Waals surface area contributed by atoms with Gasteiger partial charge in [-0.25, -0.2) is 13.6 Å². The van der Waals surface area contributed by atoms with Crippen molar-refractivity contribution in [1.82, 2.24) is 9.80 Å². The van der Waals surface area contributed by atoms with Gasteiger partial charge in [0.15, 0.2) is 0 Å². The van der Waals surface area contributed by atoms with Crippen LogP contribution in [-0.2, 0) is 4.79 Å². The topological polar surface area (TPSA) is 47.1 Å². The minimum atomic E-state index is -0.359. The number of anilines is 2. The van der Waals surface area contributed by atoms with E-state index < -0.39 is 0 Å². The van der Waals surface area contributed by atoms with E-state index in [2.05, 4.69) is 0 Å². The van der Waals surface area contributed by atoms with Crippen molar-refractivity contribution in [3.05, 3.63) is 60.2 Å². The first-order chi connectivity index (χ1) is 14.0. The Balaban J connectivity index is 1.32. The Morgan fingerprint density at radius 2 is 1.55 bits per heavy atom. The van der Waals surface area contributed by atoms with Crippen molar-refractivity contribution in [2.45, 2.75) is 0 Å². The van der Waals surface area contributed by atoms with E-state index in [1.165, 1.54) is 23.1 Å². The summed E-state index contributed by atoms with van der Waals surface area (Å²) in [7, 11) is 0. The molecule has 0 radical (unpaired) electrons. The molecule has 0 atom stereocenters. The molecule has 0 spiro atoms. The van der Waals surface area contributed by atoms with Crippen molar-refractivity contribution in [2.24, 2.45) is 0 Å². The third-order valence-corrected chi connectivity index (χ3v) is 5.38. The van der Waals surface area contributed by atoms with Gasteiger partial charge in [0.05, 0.1) is 5.69 Å². The number of halogens is 2. The van der Waals surface area contributed by atoms with E-state index in [0.29, 0.717) is 50.6 Å². The molecule has 0 N–H and O–H groups in total. The number of urea groups is 1. The molecule has 0 aliphatic carbocycles. The molecule has 0 unspecified atom stereocenters. The zero-order valence-electron chi connectivity index (χ0n) is 15.9. The molecular formula is C21H22F2N4O2. The molecule has 2 heterocycles. The van der Waals surface area contributed by atoms with Gasteiger partial charge in [-0.3, -0.25) is 9.69 Å². The Morgan fingerprint density at radius 1 is 0.862 bits per heavy atom. The van der Waals surface area contributed by atoms with Gasteiger partial charge in [0, 0.05) is 45.0 Å². The Morgan fingerprint density at radius 3 is 2.24 bits per heavy atom. The van der Waals surface area contributed by atoms with Gasteiger partial charge < -0.3 is 14.7 Å². The largest absolute Gasteiger partial charge is 0.366 e. The average Bonchev–Trinajstić information content (AvgIpc) is 3.09. The second-order valence-electron chi connectivity index (χ2n) is 7.15. The van der Waals surface area contributed by atoms with Crippen LogP contribution in [0.1, 0.15) is 0 Å². The van der Waals surface area contributed by atoms with Crippen LogP contribution >= 0.6 is 0 Å². The van der Waals surface area contributed by atoms with Gasteiger partial charge in [-0.05, 0) is 36.4 Å². The molecule has 6 nitrogen and oxygen atoms in total. The fourth-order valence-corrected chi connectivity index (χ4v) is 3.76. The van der Waals surface area contributed by atoms with E-state index in [1.807, 2.05) is 4.90 Å². The number of hydrogen-bond acceptors (Lipinski definition) is 3. The summed E-state index contributed by atoms with van der Waals surface area (Å²) in [6.07, 6.45) is 0. The third-order valence-electron chi connectivity index (χ3n) is 5.38. The number of carbonyl (C=O) groups excluding carboxylic acids is 2. The maximum Gasteiger partial charge on any atom is 0.325 e. The molecule has 4 rings (SSSR count). The molecule has 2 aromatic rings. The Kier molecular flexibility index (Phi) is 5.33. The lowest BCUT2D eigenvalue weighted by atomic mass is 10.2. The van der Waals surface area contributed by atoms with Crippen LogP contribution in [0.25, 0.3) is 0 Å². The molecule has 2 aliphatic rings. The van der Waals surface area contributed by atoms with Gasteiger partial charge in [-0.1, -0.05) is 12.1 Å². The lowest BCUT2D eigenvalue weighted by Crippen LogP contribution is -2.51. The van der Waals surface area contributed by atoms with E-state index in [9.17, 15) is 18.4 Å². The molecule has 0 aromatic heterocycles. The number of benzene rings is 2. The summed E-state index contributed by atoms with van der Waals surface area (Å²) in [6, 6.07) is 12.1. The summed E-state index contributed by atoms with van der Waals surface area (Å²) >= 11 is 0. The van der Waals surface area contributed by atoms with E-state index in [1.54, 1.807) is 40.1 Å². The second-order valence-corrected chi connectivity index (χ2v) is 7.15. The summed E-state index contributed by atoms with van der Waals surface area (Å²) in [6.45, 7) is 2.96. The van der Waals surface area contributed by atoms with Crippen LogP contribution in [0.2, 0.25) is 0 Å². The zero-order chi connectivity index (χ0) is 20.4. The normalized spacial score (nSPS) is 17.2. The highest BCUT2D eigenvalue weighted by atomic mass is 19.1. The summed E-state index contributed by atoms with van der Waals surface area (Å²) in [5.74, 6) is -0.745. The molecular weight excluding hydrogens is 378 g/mol. The van der Waals surface area contributed by atoms with Crippen LogP contribution in [0.15, 0.2) is 48.5 Å². The monoisotopic (exact) mass is 400 g/mol. The first kappa shape index (κ1) is 19.2. The summed E-state index contributed by atoms with van der Waals surface area (Å²) in [4.78, 5) is 32.0. The molecule has 8 heteroatoms. The quantitative estimate of drug-likeness (QED) is 0.793. The predicted molar refractivity (Wildman–Crippen MR) is 106 cm³/mol. The van der Waals surface area contributed by atoms with Gasteiger partial charge in [0.2, 0.25) is 5.91 Å². The number of hydrogen-bond donors (Lipinski definition) is 0. The lowest BCUT2D eigenvalue weighted by molar-refractivity contribution is -0.131. The van der Waals surface area contributed by atoms with E-state index in [-0.39, 0.29) is 30.1 Å². The van der Waals surface area contributed by atoms with E-state index in [0.717, 1.165) is 0 Å². The van der Waals surface area contributed by atoms with E-state index in [4.69, 9.17) is 0 Å². The van der Waals surface area contributed by atoms with Gasteiger partial charge in [-0.2, -0.15) is 0 Å². The maximum atomic E-state index is 14.0. The SMILES string of the molecule is O=C(CN1CCN(c2ccc(F)cc2)C1=O)N1CCN(c2ccccc2F)CC1. The molecule has 0 saturated carbocycles. The number of amides is 3. The van der Waals surface area contributed by atoms with Crippen LogP contribution in [0.5, 0.6) is 0 Å². The van der Waals surface area contributed by atoms with E-state index >= 15 is 0 Å². The molecule has 2 aromatic carbocycles. The smallest absolute Gasteiger partial charge is 0.325 e. The standard InChI is InChI=1S/C21H22F2N4O2/c22-16-5-7-17(8-6-16)27-14-13-26(21(27)29)15-20(28)25-11-9-24(10-12-25)19-4-2-1-3-18(19)23/h1-8H,9-15H2. The van der Waals surface area contributed by atoms with Crippen molar-refractivity contribution in [1.29, 1.82) is 0 Å². The predicted octanol–water partition coefficient (Wildman–Crippen LogP) is 2.56. The zero-order valence-corrected chi connectivity index (χ0v) is 15.9. The number of rotatable bonds is 4. The molecule has 2 fully saturated rings. The minimum absolute atomic E-state index is 0.0101. The minimum Gasteiger partial charge on any atom is -0.366 e. The van der Waals surface area contributed by atoms with Gasteiger partial charge >= 0.3 is 6.03 Å². The highest BCUT2D eigenvalue weighted by Gasteiger charge is 2.32. The average molecular weight is 400 g/mol. The first-order valence-electron chi connectivity index (χ1n) is 9.62. The van der Waals surface area contributed by atoms with Gasteiger partial charge in [-0.15, -0.1) is 0 Å². The molecule has 2 aliphatic heterocycles. The van der Waals surface area contributed by atoms with Crippen LogP contribution in [0.3, 0.4) is 0 Å². The maximum absolute atomic E-state index is 14.0. The lowest BCUT2D eigenvalue weighted by Gasteiger charge is -2.36. The molecule has 152 valence electrons. The highest BCUT2D eigenvalue weighted by molar-refractivity contribution is 5.96. The van der Waals surface area contributed by atoms with Crippen LogP contribution in [0.4, 0.5) is 25.0 Å². The summed E-state index contributed by atoms with van der Waals surface area (Å²) in [5, 5.41) is 0. The summed E-state index contributed by atoms with van der Waals surface area (Å²) in [5.41, 5.74) is 1.16. The van der Waals surface area contributed by atoms with Crippen molar-refractivity contribution in [2.75, 3.05) is 55.6 Å². The molecule has 0 bridgehead atoms. The Bertz CT molecular complexity index is 898. The second kappa shape index (κ2) is 8.06. The van der Waals surface area contributed by atoms with Crippen molar-refractivity contribution in [3.8, 4) is 0 Å². The third kappa shape index (κ3) is 4.01. The fraction of sp³-hybridized carbons (Fsp3) is 0.333. The van der Waals surface area contributed by atoms with Crippen LogP contribution < -0.4 is 9.80 Å². The van der Waals surface area contributed by atoms with Gasteiger partial charge in [0.1, 0.15) is 18.2 Å². The molecule has 3 amide bonds. The summed E-state index contributed by atoms with van der Waals surface area (Å²) < 4.78 is 27.0. The first-order valence-corrected chi connectivity index (χ1v) is 9.62. The number of carbonyl (C=O) groups is 2. The number of para-hydroxylation sites is 1. The van der Waals surface area contributed by atoms with Crippen molar-refractivity contribution < 1.29 is 18.4 Å². The number of piperazine rings is 1. The highest BCUT2D eigenvalue weighted by Crippen LogP contribution is 2.22. The van der Waals surface area contributed by atoms with Crippen molar-refractivity contribution >= 4 is 23.3 Å². The number of nitrogens with zero attached hydrogens (tertiary/aromatic N) is 4. The van der Waals surface area contributed by atoms with Gasteiger partial charge in [0.25, 0.3) is 0 Å². The van der Waals surface area contributed by atoms with Crippen LogP contribution in [0, 0.1) is 11.6 Å². The fourth-order valence-electron chi connectivity index (χ4n) is 3.76. The van der Waals surface area contributed by atoms with Crippen molar-refractivity contribution in [3.63, 3.8) is 0 Å². The van der Waals surface area contributed by atoms with Crippen LogP contribution in [-0.4, -0.2) is 67.6 Å². The Hall–Kier alpha value is -3.16.